The molecule has 158 valence electrons. The highest BCUT2D eigenvalue weighted by atomic mass is 16.5. The lowest BCUT2D eigenvalue weighted by Crippen LogP contribution is -2.25. The van der Waals surface area contributed by atoms with Crippen molar-refractivity contribution in [2.24, 2.45) is 5.18 Å². The van der Waals surface area contributed by atoms with Gasteiger partial charge in [-0.3, -0.25) is 14.5 Å². The molecule has 1 fully saturated rings. The molecule has 1 amide bonds. The summed E-state index contributed by atoms with van der Waals surface area (Å²) in [4.78, 5) is 37.1. The van der Waals surface area contributed by atoms with Crippen LogP contribution in [0.25, 0.3) is 11.3 Å². The van der Waals surface area contributed by atoms with Crippen LogP contribution in [0.15, 0.2) is 34.4 Å². The minimum Gasteiger partial charge on any atom is -0.504 e. The zero-order chi connectivity index (χ0) is 21.3. The van der Waals surface area contributed by atoms with E-state index in [9.17, 15) is 19.6 Å². The first-order chi connectivity index (χ1) is 14.5. The minimum atomic E-state index is -1.07. The van der Waals surface area contributed by atoms with Crippen LogP contribution in [0.4, 0.5) is 0 Å². The molecule has 0 aliphatic carbocycles. The molecule has 1 N–H and O–H groups in total. The van der Waals surface area contributed by atoms with Gasteiger partial charge in [0.05, 0.1) is 5.69 Å². The van der Waals surface area contributed by atoms with Crippen LogP contribution in [0.5, 0.6) is 11.5 Å². The van der Waals surface area contributed by atoms with Crippen molar-refractivity contribution in [2.45, 2.75) is 38.6 Å². The number of phenolic OH excluding ortho intramolecular Hbond substituents is 1. The number of rotatable bonds is 6. The molecule has 2 aliphatic heterocycles. The number of amides is 1. The molecule has 1 unspecified atom stereocenters. The summed E-state index contributed by atoms with van der Waals surface area (Å²) in [5.41, 5.74) is 1.51. The number of ether oxygens (including phenoxy) is 1. The number of benzene rings is 1. The van der Waals surface area contributed by atoms with Gasteiger partial charge in [0.2, 0.25) is 0 Å². The Kier molecular flexibility index (Phi) is 5.67. The predicted octanol–water partition coefficient (Wildman–Crippen LogP) is 3.11. The van der Waals surface area contributed by atoms with Crippen molar-refractivity contribution in [1.82, 2.24) is 9.47 Å². The van der Waals surface area contributed by atoms with Crippen LogP contribution >= 0.6 is 0 Å². The molecule has 0 radical (unpaired) electrons. The maximum Gasteiger partial charge on any atom is 0.322 e. The number of aromatic nitrogens is 1. The van der Waals surface area contributed by atoms with Crippen molar-refractivity contribution in [3.05, 3.63) is 50.7 Å². The smallest absolute Gasteiger partial charge is 0.322 e. The number of fused-ring (bicyclic) bond motifs is 3. The van der Waals surface area contributed by atoms with Gasteiger partial charge < -0.3 is 14.4 Å². The van der Waals surface area contributed by atoms with Crippen molar-refractivity contribution in [2.75, 3.05) is 26.2 Å². The Morgan fingerprint density at radius 2 is 2.03 bits per heavy atom. The zero-order valence-electron chi connectivity index (χ0n) is 17.0. The van der Waals surface area contributed by atoms with Crippen LogP contribution in [0.2, 0.25) is 0 Å². The molecule has 2 aliphatic rings. The Morgan fingerprint density at radius 3 is 2.73 bits per heavy atom. The maximum atomic E-state index is 12.4. The summed E-state index contributed by atoms with van der Waals surface area (Å²) in [6.45, 7) is 5.53. The van der Waals surface area contributed by atoms with Gasteiger partial charge in [0, 0.05) is 35.6 Å². The number of pyridine rings is 1. The normalized spacial score (nSPS) is 18.0. The minimum absolute atomic E-state index is 0.00768. The Hall–Kier alpha value is -3.00. The molecule has 3 heterocycles. The number of aromatic hydroxyl groups is 1. The molecule has 2 aromatic rings. The van der Waals surface area contributed by atoms with Crippen molar-refractivity contribution < 1.29 is 14.6 Å². The second-order valence-corrected chi connectivity index (χ2v) is 7.88. The lowest BCUT2D eigenvalue weighted by atomic mass is 9.90. The molecule has 4 rings (SSSR count). The van der Waals surface area contributed by atoms with Gasteiger partial charge in [-0.2, -0.15) is 0 Å². The summed E-state index contributed by atoms with van der Waals surface area (Å²) in [5, 5.41) is 12.9. The quantitative estimate of drug-likeness (QED) is 0.733. The highest BCUT2D eigenvalue weighted by Gasteiger charge is 2.27. The van der Waals surface area contributed by atoms with E-state index in [1.54, 1.807) is 6.07 Å². The predicted molar refractivity (Wildman–Crippen MR) is 112 cm³/mol. The van der Waals surface area contributed by atoms with Crippen LogP contribution in [-0.4, -0.2) is 46.7 Å². The van der Waals surface area contributed by atoms with E-state index in [1.807, 2.05) is 17.6 Å². The summed E-state index contributed by atoms with van der Waals surface area (Å²) >= 11 is 0. The van der Waals surface area contributed by atoms with Gasteiger partial charge in [-0.05, 0) is 56.5 Å². The van der Waals surface area contributed by atoms with E-state index >= 15 is 0 Å². The standard InChI is InChI=1S/C22H25N3O5/c1-2-15-9-14-10-21(30-8-7-24-5-3-4-6-24)20(27)11-16(14)18-12-19(26)17(13-25(15)18)22(28)23-29/h10-13,15,27H,2-9H2,1H3. The SMILES string of the molecule is CCC1Cc2cc(OCCN3CCCC3)c(O)cc2-c2cc(=O)c(C(=O)N=O)cn21. The number of carbonyl (C=O) groups excluding carboxylic acids is 1. The number of carbonyl (C=O) groups is 1. The zero-order valence-corrected chi connectivity index (χ0v) is 17.0. The lowest BCUT2D eigenvalue weighted by Gasteiger charge is -2.30. The van der Waals surface area contributed by atoms with Crippen LogP contribution in [0.1, 0.15) is 48.1 Å². The monoisotopic (exact) mass is 411 g/mol. The lowest BCUT2D eigenvalue weighted by molar-refractivity contribution is 0.0999. The largest absolute Gasteiger partial charge is 0.504 e. The first-order valence-corrected chi connectivity index (χ1v) is 10.4. The molecule has 1 saturated heterocycles. The molecule has 0 saturated carbocycles. The van der Waals surface area contributed by atoms with Gasteiger partial charge in [-0.15, -0.1) is 4.91 Å². The molecular weight excluding hydrogens is 386 g/mol. The summed E-state index contributed by atoms with van der Waals surface area (Å²) in [5.74, 6) is -0.616. The third-order valence-corrected chi connectivity index (χ3v) is 6.04. The number of nitrogens with zero attached hydrogens (tertiary/aromatic N) is 3. The summed E-state index contributed by atoms with van der Waals surface area (Å²) in [6.07, 6.45) is 5.28. The Labute approximate surface area is 174 Å². The third kappa shape index (κ3) is 3.75. The Balaban J connectivity index is 1.66. The molecular formula is C22H25N3O5. The van der Waals surface area contributed by atoms with Crippen LogP contribution in [-0.2, 0) is 6.42 Å². The van der Waals surface area contributed by atoms with Gasteiger partial charge in [-0.25, -0.2) is 0 Å². The first kappa shape index (κ1) is 20.3. The fourth-order valence-corrected chi connectivity index (χ4v) is 4.40. The molecule has 1 atom stereocenters. The summed E-state index contributed by atoms with van der Waals surface area (Å²) < 4.78 is 7.69. The molecule has 8 nitrogen and oxygen atoms in total. The number of phenols is 1. The first-order valence-electron chi connectivity index (χ1n) is 10.4. The van der Waals surface area contributed by atoms with Crippen molar-refractivity contribution in [3.63, 3.8) is 0 Å². The van der Waals surface area contributed by atoms with Crippen LogP contribution < -0.4 is 10.2 Å². The van der Waals surface area contributed by atoms with Crippen LogP contribution in [0.3, 0.4) is 0 Å². The highest BCUT2D eigenvalue weighted by molar-refractivity contribution is 5.94. The maximum absolute atomic E-state index is 12.4. The van der Waals surface area contributed by atoms with Gasteiger partial charge in [0.1, 0.15) is 12.2 Å². The topological polar surface area (TPSA) is 101 Å². The Morgan fingerprint density at radius 1 is 1.27 bits per heavy atom. The summed E-state index contributed by atoms with van der Waals surface area (Å²) in [6, 6.07) is 4.80. The van der Waals surface area contributed by atoms with E-state index in [1.165, 1.54) is 25.1 Å². The summed E-state index contributed by atoms with van der Waals surface area (Å²) in [7, 11) is 0. The third-order valence-electron chi connectivity index (χ3n) is 6.04. The number of likely N-dealkylation sites (tertiary alicyclic amines) is 1. The van der Waals surface area contributed by atoms with E-state index in [0.29, 0.717) is 24.5 Å². The fraction of sp³-hybridized carbons (Fsp3) is 0.455. The number of nitroso groups, excluding NO2 is 1. The molecule has 0 bridgehead atoms. The van der Waals surface area contributed by atoms with Gasteiger partial charge in [-0.1, -0.05) is 6.92 Å². The number of hydrogen-bond acceptors (Lipinski definition) is 6. The molecule has 8 heteroatoms. The van der Waals surface area contributed by atoms with Crippen molar-refractivity contribution >= 4 is 5.91 Å². The van der Waals surface area contributed by atoms with Crippen molar-refractivity contribution in [1.29, 1.82) is 0 Å². The average molecular weight is 411 g/mol. The van der Waals surface area contributed by atoms with E-state index in [4.69, 9.17) is 4.74 Å². The van der Waals surface area contributed by atoms with Crippen molar-refractivity contribution in [3.8, 4) is 22.8 Å². The fourth-order valence-electron chi connectivity index (χ4n) is 4.40. The average Bonchev–Trinajstić information content (AvgIpc) is 3.26. The highest BCUT2D eigenvalue weighted by Crippen LogP contribution is 2.41. The van der Waals surface area contributed by atoms with E-state index in [2.05, 4.69) is 10.1 Å². The molecule has 0 spiro atoms. The second kappa shape index (κ2) is 8.39. The second-order valence-electron chi connectivity index (χ2n) is 7.88. The Bertz CT molecular complexity index is 1040. The van der Waals surface area contributed by atoms with Gasteiger partial charge in [0.15, 0.2) is 16.9 Å². The van der Waals surface area contributed by atoms with E-state index in [0.717, 1.165) is 37.2 Å². The van der Waals surface area contributed by atoms with Gasteiger partial charge >= 0.3 is 5.91 Å². The molecule has 1 aromatic heterocycles. The number of hydrogen-bond donors (Lipinski definition) is 1. The van der Waals surface area contributed by atoms with E-state index in [-0.39, 0.29) is 17.4 Å². The van der Waals surface area contributed by atoms with Gasteiger partial charge in [0.25, 0.3) is 0 Å². The molecule has 30 heavy (non-hydrogen) atoms. The van der Waals surface area contributed by atoms with Crippen LogP contribution in [0, 0.1) is 4.91 Å². The molecule has 1 aromatic carbocycles. The van der Waals surface area contributed by atoms with E-state index < -0.39 is 11.3 Å².